The standard InChI is InChI=1S/C12H10FN3/c13-10-3-1-2-9(6-10)4-5-11-12(7-14)16-8-15-11/h1-3,6,8H,4-5H2,(H,15,16). The molecule has 0 aliphatic carbocycles. The van der Waals surface area contributed by atoms with Crippen LogP contribution < -0.4 is 0 Å². The second kappa shape index (κ2) is 4.58. The molecule has 0 amide bonds. The first kappa shape index (κ1) is 10.4. The zero-order valence-electron chi connectivity index (χ0n) is 8.57. The van der Waals surface area contributed by atoms with E-state index in [4.69, 9.17) is 5.26 Å². The van der Waals surface area contributed by atoms with E-state index in [1.807, 2.05) is 12.1 Å². The molecule has 80 valence electrons. The Balaban J connectivity index is 2.06. The molecule has 0 unspecified atom stereocenters. The number of hydrogen-bond acceptors (Lipinski definition) is 2. The van der Waals surface area contributed by atoms with Gasteiger partial charge in [0.05, 0.1) is 12.0 Å². The lowest BCUT2D eigenvalue weighted by Crippen LogP contribution is -1.94. The van der Waals surface area contributed by atoms with Crippen molar-refractivity contribution in [2.24, 2.45) is 0 Å². The SMILES string of the molecule is N#Cc1nc[nH]c1CCc1cccc(F)c1. The summed E-state index contributed by atoms with van der Waals surface area (Å²) in [6.45, 7) is 0. The Morgan fingerprint density at radius 3 is 3.00 bits per heavy atom. The van der Waals surface area contributed by atoms with Crippen LogP contribution in [0.2, 0.25) is 0 Å². The van der Waals surface area contributed by atoms with Crippen molar-refractivity contribution in [3.05, 3.63) is 53.4 Å². The Labute approximate surface area is 92.6 Å². The Bertz CT molecular complexity index is 525. The smallest absolute Gasteiger partial charge is 0.161 e. The van der Waals surface area contributed by atoms with Gasteiger partial charge in [-0.05, 0) is 30.5 Å². The van der Waals surface area contributed by atoms with Crippen LogP contribution in [0.4, 0.5) is 4.39 Å². The highest BCUT2D eigenvalue weighted by Gasteiger charge is 2.04. The van der Waals surface area contributed by atoms with Gasteiger partial charge < -0.3 is 4.98 Å². The summed E-state index contributed by atoms with van der Waals surface area (Å²) >= 11 is 0. The lowest BCUT2D eigenvalue weighted by Gasteiger charge is -2.00. The van der Waals surface area contributed by atoms with Crippen LogP contribution in [0.15, 0.2) is 30.6 Å². The molecule has 0 fully saturated rings. The molecule has 4 heteroatoms. The molecule has 1 aromatic carbocycles. The van der Waals surface area contributed by atoms with E-state index in [-0.39, 0.29) is 5.82 Å². The number of nitrogens with one attached hydrogen (secondary N) is 1. The highest BCUT2D eigenvalue weighted by Crippen LogP contribution is 2.09. The maximum Gasteiger partial charge on any atom is 0.161 e. The minimum absolute atomic E-state index is 0.234. The number of imidazole rings is 1. The van der Waals surface area contributed by atoms with Gasteiger partial charge in [-0.25, -0.2) is 9.37 Å². The molecule has 16 heavy (non-hydrogen) atoms. The number of nitriles is 1. The first-order valence-electron chi connectivity index (χ1n) is 4.96. The van der Waals surface area contributed by atoms with E-state index < -0.39 is 0 Å². The number of aromatic nitrogens is 2. The average Bonchev–Trinajstić information content (AvgIpc) is 2.74. The van der Waals surface area contributed by atoms with Gasteiger partial charge in [0.1, 0.15) is 11.9 Å². The first-order chi connectivity index (χ1) is 7.79. The zero-order valence-corrected chi connectivity index (χ0v) is 8.57. The lowest BCUT2D eigenvalue weighted by molar-refractivity contribution is 0.625. The Kier molecular flexibility index (Phi) is 2.97. The third kappa shape index (κ3) is 2.26. The number of aromatic amines is 1. The van der Waals surface area contributed by atoms with Crippen molar-refractivity contribution in [3.63, 3.8) is 0 Å². The summed E-state index contributed by atoms with van der Waals surface area (Å²) < 4.78 is 12.9. The van der Waals surface area contributed by atoms with E-state index in [0.29, 0.717) is 18.5 Å². The summed E-state index contributed by atoms with van der Waals surface area (Å²) in [5.74, 6) is -0.234. The fourth-order valence-electron chi connectivity index (χ4n) is 1.57. The minimum atomic E-state index is -0.234. The fourth-order valence-corrected chi connectivity index (χ4v) is 1.57. The van der Waals surface area contributed by atoms with Crippen molar-refractivity contribution in [3.8, 4) is 6.07 Å². The first-order valence-corrected chi connectivity index (χ1v) is 4.96. The Hall–Kier alpha value is -2.15. The molecular formula is C12H10FN3. The number of benzene rings is 1. The van der Waals surface area contributed by atoms with Gasteiger partial charge in [-0.3, -0.25) is 0 Å². The summed E-state index contributed by atoms with van der Waals surface area (Å²) in [6, 6.07) is 8.48. The van der Waals surface area contributed by atoms with Crippen molar-refractivity contribution in [2.75, 3.05) is 0 Å². The van der Waals surface area contributed by atoms with Gasteiger partial charge >= 0.3 is 0 Å². The van der Waals surface area contributed by atoms with Gasteiger partial charge in [0.2, 0.25) is 0 Å². The molecule has 2 aromatic rings. The monoisotopic (exact) mass is 215 g/mol. The van der Waals surface area contributed by atoms with Crippen molar-refractivity contribution in [1.82, 2.24) is 9.97 Å². The summed E-state index contributed by atoms with van der Waals surface area (Å²) in [5, 5.41) is 8.76. The van der Waals surface area contributed by atoms with Crippen LogP contribution in [0.5, 0.6) is 0 Å². The van der Waals surface area contributed by atoms with Crippen molar-refractivity contribution >= 4 is 0 Å². The summed E-state index contributed by atoms with van der Waals surface area (Å²) in [4.78, 5) is 6.79. The highest BCUT2D eigenvalue weighted by atomic mass is 19.1. The molecule has 0 aliphatic rings. The number of nitrogens with zero attached hydrogens (tertiary/aromatic N) is 2. The van der Waals surface area contributed by atoms with Crippen molar-refractivity contribution in [2.45, 2.75) is 12.8 Å². The number of hydrogen-bond donors (Lipinski definition) is 1. The van der Waals surface area contributed by atoms with Crippen LogP contribution in [-0.4, -0.2) is 9.97 Å². The average molecular weight is 215 g/mol. The molecule has 1 N–H and O–H groups in total. The second-order valence-electron chi connectivity index (χ2n) is 3.47. The van der Waals surface area contributed by atoms with Gasteiger partial charge in [-0.1, -0.05) is 12.1 Å². The summed E-state index contributed by atoms with van der Waals surface area (Å²) in [6.07, 6.45) is 2.85. The predicted molar refractivity (Wildman–Crippen MR) is 57.1 cm³/mol. The van der Waals surface area contributed by atoms with Gasteiger partial charge in [-0.2, -0.15) is 5.26 Å². The molecule has 1 aromatic heterocycles. The molecule has 2 rings (SSSR count). The number of aryl methyl sites for hydroxylation is 2. The maximum absolute atomic E-state index is 12.9. The van der Waals surface area contributed by atoms with Gasteiger partial charge in [0.15, 0.2) is 5.69 Å². The normalized spacial score (nSPS) is 10.0. The molecule has 0 saturated heterocycles. The van der Waals surface area contributed by atoms with Crippen molar-refractivity contribution < 1.29 is 4.39 Å². The van der Waals surface area contributed by atoms with Gasteiger partial charge in [0, 0.05) is 0 Å². The molecular weight excluding hydrogens is 205 g/mol. The number of H-pyrrole nitrogens is 1. The maximum atomic E-state index is 12.9. The Morgan fingerprint density at radius 2 is 2.25 bits per heavy atom. The van der Waals surface area contributed by atoms with E-state index in [1.54, 1.807) is 6.07 Å². The number of halogens is 1. The molecule has 0 atom stereocenters. The summed E-state index contributed by atoms with van der Waals surface area (Å²) in [5.41, 5.74) is 2.13. The molecule has 0 bridgehead atoms. The van der Waals surface area contributed by atoms with E-state index in [9.17, 15) is 4.39 Å². The van der Waals surface area contributed by atoms with E-state index in [1.165, 1.54) is 18.5 Å². The Morgan fingerprint density at radius 1 is 1.38 bits per heavy atom. The summed E-state index contributed by atoms with van der Waals surface area (Å²) in [7, 11) is 0. The van der Waals surface area contributed by atoms with Crippen LogP contribution in [-0.2, 0) is 12.8 Å². The largest absolute Gasteiger partial charge is 0.347 e. The zero-order chi connectivity index (χ0) is 11.4. The highest BCUT2D eigenvalue weighted by molar-refractivity contribution is 5.26. The topological polar surface area (TPSA) is 52.5 Å². The molecule has 0 spiro atoms. The number of rotatable bonds is 3. The van der Waals surface area contributed by atoms with Crippen molar-refractivity contribution in [1.29, 1.82) is 5.26 Å². The van der Waals surface area contributed by atoms with Crippen LogP contribution >= 0.6 is 0 Å². The fraction of sp³-hybridized carbons (Fsp3) is 0.167. The van der Waals surface area contributed by atoms with E-state index >= 15 is 0 Å². The van der Waals surface area contributed by atoms with Crippen LogP contribution in [0.1, 0.15) is 17.0 Å². The van der Waals surface area contributed by atoms with E-state index in [2.05, 4.69) is 9.97 Å². The lowest BCUT2D eigenvalue weighted by atomic mass is 10.1. The van der Waals surface area contributed by atoms with Crippen LogP contribution in [0.25, 0.3) is 0 Å². The van der Waals surface area contributed by atoms with Gasteiger partial charge in [0.25, 0.3) is 0 Å². The molecule has 0 saturated carbocycles. The quantitative estimate of drug-likeness (QED) is 0.853. The minimum Gasteiger partial charge on any atom is -0.347 e. The molecule has 1 heterocycles. The third-order valence-corrected chi connectivity index (χ3v) is 2.38. The second-order valence-corrected chi connectivity index (χ2v) is 3.47. The molecule has 0 radical (unpaired) electrons. The van der Waals surface area contributed by atoms with Gasteiger partial charge in [-0.15, -0.1) is 0 Å². The molecule has 0 aliphatic heterocycles. The van der Waals surface area contributed by atoms with E-state index in [0.717, 1.165) is 11.3 Å². The predicted octanol–water partition coefficient (Wildman–Crippen LogP) is 2.21. The molecule has 3 nitrogen and oxygen atoms in total. The van der Waals surface area contributed by atoms with Crippen LogP contribution in [0, 0.1) is 17.1 Å². The third-order valence-electron chi connectivity index (χ3n) is 2.38. The van der Waals surface area contributed by atoms with Crippen LogP contribution in [0.3, 0.4) is 0 Å².